The van der Waals surface area contributed by atoms with E-state index in [9.17, 15) is 14.4 Å². The minimum Gasteiger partial charge on any atom is -0.492 e. The molecule has 3 rings (SSSR count). The van der Waals surface area contributed by atoms with E-state index < -0.39 is 6.09 Å². The van der Waals surface area contributed by atoms with Gasteiger partial charge in [-0.3, -0.25) is 9.59 Å². The predicted molar refractivity (Wildman–Crippen MR) is 99.0 cm³/mol. The molecule has 0 saturated heterocycles. The summed E-state index contributed by atoms with van der Waals surface area (Å²) in [4.78, 5) is 35.7. The summed E-state index contributed by atoms with van der Waals surface area (Å²) in [5.41, 5.74) is 7.76. The molecule has 8 heteroatoms. The van der Waals surface area contributed by atoms with Gasteiger partial charge in [0, 0.05) is 24.4 Å². The number of allylic oxidation sites excluding steroid dienone is 2. The molecule has 8 nitrogen and oxygen atoms in total. The van der Waals surface area contributed by atoms with Crippen molar-refractivity contribution in [3.63, 3.8) is 0 Å². The first-order valence-electron chi connectivity index (χ1n) is 8.50. The molecule has 0 aliphatic heterocycles. The molecule has 0 atom stereocenters. The lowest BCUT2D eigenvalue weighted by atomic mass is 9.96. The Bertz CT molecular complexity index is 985. The minimum absolute atomic E-state index is 0.0168. The van der Waals surface area contributed by atoms with Gasteiger partial charge in [0.2, 0.25) is 11.6 Å². The SMILES string of the molecule is COC1=CC(=O)c2c(c(COc3ccc(COC(N)=O)cc3)c(C)n2C)C1=O. The van der Waals surface area contributed by atoms with Gasteiger partial charge < -0.3 is 24.5 Å². The van der Waals surface area contributed by atoms with E-state index in [1.165, 1.54) is 13.2 Å². The number of amides is 1. The van der Waals surface area contributed by atoms with E-state index in [1.54, 1.807) is 35.9 Å². The molecule has 1 aliphatic rings. The lowest BCUT2D eigenvalue weighted by Crippen LogP contribution is -2.20. The van der Waals surface area contributed by atoms with Gasteiger partial charge in [0.1, 0.15) is 24.7 Å². The van der Waals surface area contributed by atoms with Crippen LogP contribution in [0.5, 0.6) is 5.75 Å². The van der Waals surface area contributed by atoms with E-state index >= 15 is 0 Å². The second-order valence-corrected chi connectivity index (χ2v) is 6.29. The summed E-state index contributed by atoms with van der Waals surface area (Å²) < 4.78 is 17.3. The molecule has 1 aromatic heterocycles. The quantitative estimate of drug-likeness (QED) is 0.819. The Morgan fingerprint density at radius 3 is 2.43 bits per heavy atom. The van der Waals surface area contributed by atoms with Crippen molar-refractivity contribution < 1.29 is 28.6 Å². The molecule has 2 N–H and O–H groups in total. The maximum Gasteiger partial charge on any atom is 0.404 e. The van der Waals surface area contributed by atoms with Gasteiger partial charge in [0.15, 0.2) is 5.76 Å². The highest BCUT2D eigenvalue weighted by atomic mass is 16.5. The third-order valence-electron chi connectivity index (χ3n) is 4.67. The van der Waals surface area contributed by atoms with Crippen molar-refractivity contribution in [3.8, 4) is 5.75 Å². The van der Waals surface area contributed by atoms with Crippen LogP contribution < -0.4 is 10.5 Å². The molecule has 0 saturated carbocycles. The van der Waals surface area contributed by atoms with Crippen molar-refractivity contribution in [1.29, 1.82) is 0 Å². The summed E-state index contributed by atoms with van der Waals surface area (Å²) in [5.74, 6) is -0.0273. The van der Waals surface area contributed by atoms with Gasteiger partial charge in [-0.2, -0.15) is 0 Å². The van der Waals surface area contributed by atoms with Crippen molar-refractivity contribution in [1.82, 2.24) is 4.57 Å². The van der Waals surface area contributed by atoms with Crippen LogP contribution in [0, 0.1) is 6.92 Å². The van der Waals surface area contributed by atoms with E-state index in [4.69, 9.17) is 19.9 Å². The normalized spacial score (nSPS) is 13.0. The Balaban J connectivity index is 1.81. The van der Waals surface area contributed by atoms with Gasteiger partial charge in [-0.1, -0.05) is 12.1 Å². The molecular weight excluding hydrogens is 364 g/mol. The van der Waals surface area contributed by atoms with E-state index in [1.807, 2.05) is 6.92 Å². The zero-order chi connectivity index (χ0) is 20.4. The Morgan fingerprint density at radius 2 is 1.82 bits per heavy atom. The number of Topliss-reactive ketones (excluding diaryl/α,β-unsaturated/α-hetero) is 1. The third kappa shape index (κ3) is 3.48. The van der Waals surface area contributed by atoms with Gasteiger partial charge in [-0.25, -0.2) is 4.79 Å². The van der Waals surface area contributed by atoms with Crippen LogP contribution in [0.4, 0.5) is 4.79 Å². The second kappa shape index (κ2) is 7.59. The molecule has 0 spiro atoms. The number of carbonyl (C=O) groups is 3. The number of ketones is 2. The van der Waals surface area contributed by atoms with Crippen LogP contribution >= 0.6 is 0 Å². The lowest BCUT2D eigenvalue weighted by Gasteiger charge is -2.13. The molecule has 1 heterocycles. The van der Waals surface area contributed by atoms with Gasteiger partial charge >= 0.3 is 6.09 Å². The van der Waals surface area contributed by atoms with Crippen molar-refractivity contribution in [2.45, 2.75) is 20.1 Å². The number of hydrogen-bond donors (Lipinski definition) is 1. The molecular formula is C20H20N2O6. The number of rotatable bonds is 6. The van der Waals surface area contributed by atoms with Crippen molar-refractivity contribution >= 4 is 17.7 Å². The number of primary amides is 1. The smallest absolute Gasteiger partial charge is 0.404 e. The summed E-state index contributed by atoms with van der Waals surface area (Å²) in [6.45, 7) is 2.01. The standard InChI is InChI=1S/C20H20N2O6/c1-11-14(10-27-13-6-4-12(5-7-13)9-28-20(21)25)17-18(22(11)2)15(23)8-16(26-3)19(17)24/h4-8H,9-10H2,1-3H3,(H2,21,25). The Kier molecular flexibility index (Phi) is 5.21. The van der Waals surface area contributed by atoms with Crippen LogP contribution in [0.3, 0.4) is 0 Å². The molecule has 1 amide bonds. The molecule has 2 aromatic rings. The minimum atomic E-state index is -0.839. The molecule has 146 valence electrons. The molecule has 0 fully saturated rings. The maximum atomic E-state index is 12.7. The number of nitrogens with two attached hydrogens (primary N) is 1. The van der Waals surface area contributed by atoms with E-state index in [0.29, 0.717) is 22.6 Å². The summed E-state index contributed by atoms with van der Waals surface area (Å²) in [6.07, 6.45) is 0.370. The van der Waals surface area contributed by atoms with Gasteiger partial charge in [0.25, 0.3) is 0 Å². The Morgan fingerprint density at radius 1 is 1.14 bits per heavy atom. The van der Waals surface area contributed by atoms with Crippen molar-refractivity contribution in [2.75, 3.05) is 7.11 Å². The van der Waals surface area contributed by atoms with E-state index in [0.717, 1.165) is 11.3 Å². The number of methoxy groups -OCH3 is 1. The first-order valence-corrected chi connectivity index (χ1v) is 8.50. The highest BCUT2D eigenvalue weighted by Gasteiger charge is 2.34. The third-order valence-corrected chi connectivity index (χ3v) is 4.67. The topological polar surface area (TPSA) is 110 Å². The molecule has 0 radical (unpaired) electrons. The van der Waals surface area contributed by atoms with Gasteiger partial charge in [-0.15, -0.1) is 0 Å². The number of carbonyl (C=O) groups excluding carboxylic acids is 3. The fraction of sp³-hybridized carbons (Fsp3) is 0.250. The largest absolute Gasteiger partial charge is 0.492 e. The highest BCUT2D eigenvalue weighted by Crippen LogP contribution is 2.30. The summed E-state index contributed by atoms with van der Waals surface area (Å²) in [6, 6.07) is 6.92. The number of ether oxygens (including phenoxy) is 3. The van der Waals surface area contributed by atoms with Crippen LogP contribution in [0.1, 0.15) is 37.7 Å². The fourth-order valence-corrected chi connectivity index (χ4v) is 3.09. The second-order valence-electron chi connectivity index (χ2n) is 6.29. The molecule has 1 aliphatic carbocycles. The summed E-state index contributed by atoms with van der Waals surface area (Å²) >= 11 is 0. The average molecular weight is 384 g/mol. The summed E-state index contributed by atoms with van der Waals surface area (Å²) in [7, 11) is 3.10. The van der Waals surface area contributed by atoms with Crippen molar-refractivity contribution in [3.05, 3.63) is 64.2 Å². The highest BCUT2D eigenvalue weighted by molar-refractivity contribution is 6.24. The van der Waals surface area contributed by atoms with E-state index in [-0.39, 0.29) is 30.5 Å². The first kappa shape index (κ1) is 19.2. The first-order chi connectivity index (χ1) is 13.3. The molecule has 28 heavy (non-hydrogen) atoms. The average Bonchev–Trinajstić information content (AvgIpc) is 2.93. The van der Waals surface area contributed by atoms with Crippen LogP contribution in [0.2, 0.25) is 0 Å². The molecule has 0 unspecified atom stereocenters. The van der Waals surface area contributed by atoms with Gasteiger partial charge in [-0.05, 0) is 24.6 Å². The summed E-state index contributed by atoms with van der Waals surface area (Å²) in [5, 5.41) is 0. The number of benzene rings is 1. The van der Waals surface area contributed by atoms with Crippen LogP contribution in [-0.4, -0.2) is 29.3 Å². The lowest BCUT2D eigenvalue weighted by molar-refractivity contribution is 0.0912. The monoisotopic (exact) mass is 384 g/mol. The zero-order valence-electron chi connectivity index (χ0n) is 15.8. The maximum absolute atomic E-state index is 12.7. The predicted octanol–water partition coefficient (Wildman–Crippen LogP) is 2.42. The number of hydrogen-bond acceptors (Lipinski definition) is 6. The number of aromatic nitrogens is 1. The molecule has 0 bridgehead atoms. The van der Waals surface area contributed by atoms with Crippen LogP contribution in [0.15, 0.2) is 36.1 Å². The van der Waals surface area contributed by atoms with Crippen LogP contribution in [0.25, 0.3) is 0 Å². The Labute approximate surface area is 161 Å². The zero-order valence-corrected chi connectivity index (χ0v) is 15.8. The van der Waals surface area contributed by atoms with Crippen molar-refractivity contribution in [2.24, 2.45) is 12.8 Å². The van der Waals surface area contributed by atoms with Gasteiger partial charge in [0.05, 0.1) is 12.7 Å². The Hall–Kier alpha value is -3.55. The number of nitrogens with zero attached hydrogens (tertiary/aromatic N) is 1. The molecule has 1 aromatic carbocycles. The van der Waals surface area contributed by atoms with Crippen LogP contribution in [-0.2, 0) is 29.7 Å². The van der Waals surface area contributed by atoms with E-state index in [2.05, 4.69) is 0 Å². The fourth-order valence-electron chi connectivity index (χ4n) is 3.09. The number of fused-ring (bicyclic) bond motifs is 1.